The van der Waals surface area contributed by atoms with Crippen molar-refractivity contribution >= 4 is 5.97 Å². The van der Waals surface area contributed by atoms with Crippen LogP contribution in [0.2, 0.25) is 0 Å². The lowest BCUT2D eigenvalue weighted by Gasteiger charge is -2.16. The third-order valence-electron chi connectivity index (χ3n) is 4.77. The van der Waals surface area contributed by atoms with Gasteiger partial charge in [0.1, 0.15) is 18.0 Å². The van der Waals surface area contributed by atoms with Gasteiger partial charge in [0, 0.05) is 17.9 Å². The van der Waals surface area contributed by atoms with Crippen molar-refractivity contribution < 1.29 is 14.3 Å². The van der Waals surface area contributed by atoms with Crippen LogP contribution in [0.3, 0.4) is 0 Å². The van der Waals surface area contributed by atoms with Gasteiger partial charge in [0.15, 0.2) is 0 Å². The highest BCUT2D eigenvalue weighted by Gasteiger charge is 2.36. The van der Waals surface area contributed by atoms with Crippen molar-refractivity contribution in [1.82, 2.24) is 0 Å². The number of hydrogen-bond acceptors (Lipinski definition) is 3. The highest BCUT2D eigenvalue weighted by atomic mass is 16.6. The molecule has 1 saturated heterocycles. The number of hydrogen-bond donors (Lipinski definition) is 0. The SMILES string of the molecule is C=C1OC2C=C1C/C=C/C(C)=C\C[C@@H]1C(=C)C(=O)O[C@H]1/C=C(\C)C2. The molecule has 24 heavy (non-hydrogen) atoms. The van der Waals surface area contributed by atoms with E-state index in [1.54, 1.807) is 0 Å². The van der Waals surface area contributed by atoms with E-state index in [2.05, 4.69) is 51.3 Å². The van der Waals surface area contributed by atoms with Gasteiger partial charge in [-0.1, -0.05) is 42.5 Å². The number of fused-ring (bicyclic) bond motifs is 2. The predicted octanol–water partition coefficient (Wildman–Crippen LogP) is 4.56. The van der Waals surface area contributed by atoms with Gasteiger partial charge in [-0.25, -0.2) is 4.79 Å². The first-order chi connectivity index (χ1) is 11.4. The highest BCUT2D eigenvalue weighted by molar-refractivity contribution is 5.91. The molecule has 2 aliphatic heterocycles. The van der Waals surface area contributed by atoms with E-state index < -0.39 is 0 Å². The Morgan fingerprint density at radius 1 is 1.17 bits per heavy atom. The van der Waals surface area contributed by atoms with E-state index in [0.29, 0.717) is 5.57 Å². The second-order valence-corrected chi connectivity index (χ2v) is 6.78. The molecule has 0 N–H and O–H groups in total. The first kappa shape index (κ1) is 16.6. The van der Waals surface area contributed by atoms with Crippen LogP contribution in [0, 0.1) is 5.92 Å². The van der Waals surface area contributed by atoms with E-state index >= 15 is 0 Å². The summed E-state index contributed by atoms with van der Waals surface area (Å²) in [6.07, 6.45) is 12.7. The predicted molar refractivity (Wildman–Crippen MR) is 95.1 cm³/mol. The number of carbonyl (C=O) groups is 1. The molecular weight excluding hydrogens is 300 g/mol. The summed E-state index contributed by atoms with van der Waals surface area (Å²) >= 11 is 0. The molecule has 3 aliphatic rings. The fourth-order valence-corrected chi connectivity index (χ4v) is 3.37. The first-order valence-electron chi connectivity index (χ1n) is 8.41. The largest absolute Gasteiger partial charge is 0.486 e. The van der Waals surface area contributed by atoms with Gasteiger partial charge in [0.2, 0.25) is 0 Å². The molecule has 1 fully saturated rings. The summed E-state index contributed by atoms with van der Waals surface area (Å²) in [5.74, 6) is 0.476. The summed E-state index contributed by atoms with van der Waals surface area (Å²) in [5.41, 5.74) is 4.03. The second-order valence-electron chi connectivity index (χ2n) is 6.78. The molecule has 1 unspecified atom stereocenters. The van der Waals surface area contributed by atoms with Gasteiger partial charge in [-0.2, -0.15) is 0 Å². The van der Waals surface area contributed by atoms with Gasteiger partial charge in [-0.3, -0.25) is 0 Å². The third-order valence-corrected chi connectivity index (χ3v) is 4.77. The molecule has 2 heterocycles. The average molecular weight is 324 g/mol. The van der Waals surface area contributed by atoms with Gasteiger partial charge in [0.05, 0.1) is 0 Å². The van der Waals surface area contributed by atoms with E-state index in [4.69, 9.17) is 9.47 Å². The smallest absolute Gasteiger partial charge is 0.334 e. The van der Waals surface area contributed by atoms with Crippen LogP contribution in [0.1, 0.15) is 33.1 Å². The van der Waals surface area contributed by atoms with Crippen LogP contribution in [-0.2, 0) is 14.3 Å². The lowest BCUT2D eigenvalue weighted by atomic mass is 9.91. The number of esters is 1. The van der Waals surface area contributed by atoms with Gasteiger partial charge in [-0.15, -0.1) is 0 Å². The van der Waals surface area contributed by atoms with Crippen LogP contribution in [0.4, 0.5) is 0 Å². The molecule has 3 heteroatoms. The molecule has 1 aliphatic carbocycles. The third kappa shape index (κ3) is 3.45. The fourth-order valence-electron chi connectivity index (χ4n) is 3.37. The lowest BCUT2D eigenvalue weighted by molar-refractivity contribution is -0.137. The first-order valence-corrected chi connectivity index (χ1v) is 8.41. The van der Waals surface area contributed by atoms with Crippen LogP contribution in [0.25, 0.3) is 0 Å². The minimum absolute atomic E-state index is 0.00399. The monoisotopic (exact) mass is 324 g/mol. The van der Waals surface area contributed by atoms with E-state index in [1.165, 1.54) is 5.57 Å². The molecule has 0 radical (unpaired) electrons. The minimum atomic E-state index is -0.285. The molecule has 2 bridgehead atoms. The van der Waals surface area contributed by atoms with Crippen LogP contribution in [0.5, 0.6) is 0 Å². The van der Waals surface area contributed by atoms with E-state index in [1.807, 2.05) is 6.08 Å². The van der Waals surface area contributed by atoms with Crippen molar-refractivity contribution in [2.24, 2.45) is 5.92 Å². The summed E-state index contributed by atoms with van der Waals surface area (Å²) < 4.78 is 11.4. The maximum atomic E-state index is 11.9. The van der Waals surface area contributed by atoms with Crippen molar-refractivity contribution in [2.75, 3.05) is 0 Å². The fraction of sp³-hybridized carbons (Fsp3) is 0.381. The maximum absolute atomic E-state index is 11.9. The van der Waals surface area contributed by atoms with Crippen LogP contribution < -0.4 is 0 Å². The van der Waals surface area contributed by atoms with Gasteiger partial charge in [0.25, 0.3) is 0 Å². The minimum Gasteiger partial charge on any atom is -0.486 e. The Labute approximate surface area is 143 Å². The molecule has 126 valence electrons. The molecule has 0 amide bonds. The second kappa shape index (κ2) is 6.68. The molecule has 0 aromatic rings. The van der Waals surface area contributed by atoms with Crippen LogP contribution >= 0.6 is 0 Å². The Morgan fingerprint density at radius 2 is 1.96 bits per heavy atom. The number of allylic oxidation sites excluding steroid dienone is 5. The lowest BCUT2D eigenvalue weighted by Crippen LogP contribution is -2.15. The molecule has 0 aromatic heterocycles. The Morgan fingerprint density at radius 3 is 2.75 bits per heavy atom. The van der Waals surface area contributed by atoms with E-state index in [9.17, 15) is 4.79 Å². The Balaban J connectivity index is 1.91. The molecule has 0 saturated carbocycles. The zero-order valence-corrected chi connectivity index (χ0v) is 14.4. The van der Waals surface area contributed by atoms with Crippen molar-refractivity contribution in [3.05, 3.63) is 71.6 Å². The normalized spacial score (nSPS) is 36.3. The summed E-state index contributed by atoms with van der Waals surface area (Å²) in [4.78, 5) is 11.9. The molecule has 0 spiro atoms. The van der Waals surface area contributed by atoms with Gasteiger partial charge < -0.3 is 9.47 Å². The molecule has 3 atom stereocenters. The van der Waals surface area contributed by atoms with Gasteiger partial charge in [-0.05, 0) is 44.4 Å². The van der Waals surface area contributed by atoms with E-state index in [-0.39, 0.29) is 24.1 Å². The van der Waals surface area contributed by atoms with Gasteiger partial charge >= 0.3 is 5.97 Å². The van der Waals surface area contributed by atoms with Crippen molar-refractivity contribution in [3.8, 4) is 0 Å². The van der Waals surface area contributed by atoms with Crippen molar-refractivity contribution in [1.29, 1.82) is 0 Å². The zero-order valence-electron chi connectivity index (χ0n) is 14.4. The summed E-state index contributed by atoms with van der Waals surface area (Å²) in [6.45, 7) is 12.0. The summed E-state index contributed by atoms with van der Waals surface area (Å²) in [7, 11) is 0. The Bertz CT molecular complexity index is 703. The Hall–Kier alpha value is -2.29. The van der Waals surface area contributed by atoms with Crippen molar-refractivity contribution in [2.45, 2.75) is 45.3 Å². The summed E-state index contributed by atoms with van der Waals surface area (Å²) in [5, 5.41) is 0. The Kier molecular flexibility index (Phi) is 4.61. The van der Waals surface area contributed by atoms with Crippen molar-refractivity contribution in [3.63, 3.8) is 0 Å². The molecule has 3 nitrogen and oxygen atoms in total. The average Bonchev–Trinajstić information content (AvgIpc) is 2.97. The quantitative estimate of drug-likeness (QED) is 0.372. The molecule has 0 aromatic carbocycles. The molecule has 3 rings (SSSR count). The van der Waals surface area contributed by atoms with Crippen LogP contribution in [-0.4, -0.2) is 18.2 Å². The topological polar surface area (TPSA) is 35.5 Å². The number of ether oxygens (including phenoxy) is 2. The zero-order chi connectivity index (χ0) is 17.3. The highest BCUT2D eigenvalue weighted by Crippen LogP contribution is 2.34. The van der Waals surface area contributed by atoms with E-state index in [0.717, 1.165) is 36.2 Å². The maximum Gasteiger partial charge on any atom is 0.334 e. The number of carbonyl (C=O) groups excluding carboxylic acids is 1. The molecular formula is C21H24O3. The van der Waals surface area contributed by atoms with Crippen LogP contribution in [0.15, 0.2) is 71.6 Å². The standard InChI is InChI=1S/C21H24O3/c1-13-6-5-7-17-12-18(23-16(17)4)10-14(2)11-20-19(9-8-13)15(3)21(22)24-20/h5-6,8,11-12,18-20H,3-4,7,9-10H2,1-2H3/b6-5+,13-8-,14-11+/t18?,19-,20+/m1/s1. The number of rotatable bonds is 0. The summed E-state index contributed by atoms with van der Waals surface area (Å²) in [6, 6.07) is 0.